The summed E-state index contributed by atoms with van der Waals surface area (Å²) in [5.41, 5.74) is 3.24. The number of aromatic nitrogens is 2. The van der Waals surface area contributed by atoms with Crippen LogP contribution in [0.4, 0.5) is 5.95 Å². The fourth-order valence-corrected chi connectivity index (χ4v) is 4.82. The average molecular weight is 555 g/mol. The van der Waals surface area contributed by atoms with Gasteiger partial charge in [0.05, 0.1) is 32.4 Å². The zero-order valence-corrected chi connectivity index (χ0v) is 23.3. The Bertz CT molecular complexity index is 1450. The summed E-state index contributed by atoms with van der Waals surface area (Å²) >= 11 is 0. The average Bonchev–Trinajstić information content (AvgIpc) is 3.68. The first-order valence-electron chi connectivity index (χ1n) is 13.6. The maximum absolute atomic E-state index is 13.4. The number of hydrogen-bond donors (Lipinski definition) is 1. The van der Waals surface area contributed by atoms with Crippen molar-refractivity contribution in [1.29, 1.82) is 0 Å². The van der Waals surface area contributed by atoms with Crippen LogP contribution in [0.15, 0.2) is 85.1 Å². The minimum absolute atomic E-state index is 0.0783. The Labute approximate surface area is 239 Å². The second-order valence-electron chi connectivity index (χ2n) is 9.87. The van der Waals surface area contributed by atoms with Gasteiger partial charge in [0, 0.05) is 30.6 Å². The molecule has 9 nitrogen and oxygen atoms in total. The Morgan fingerprint density at radius 1 is 0.976 bits per heavy atom. The van der Waals surface area contributed by atoms with Crippen molar-refractivity contribution in [1.82, 2.24) is 14.5 Å². The number of methoxy groups -OCH3 is 2. The molecule has 1 atom stereocenters. The Morgan fingerprint density at radius 3 is 2.29 bits per heavy atom. The molecule has 1 aliphatic heterocycles. The van der Waals surface area contributed by atoms with Gasteiger partial charge in [-0.3, -0.25) is 19.5 Å². The van der Waals surface area contributed by atoms with Crippen molar-refractivity contribution in [3.05, 3.63) is 90.6 Å². The van der Waals surface area contributed by atoms with E-state index in [1.807, 2.05) is 89.6 Å². The fourth-order valence-electron chi connectivity index (χ4n) is 4.82. The number of benzene rings is 3. The molecule has 1 N–H and O–H groups in total. The second-order valence-corrected chi connectivity index (χ2v) is 9.87. The molecule has 2 heterocycles. The van der Waals surface area contributed by atoms with Crippen LogP contribution in [0.25, 0.3) is 16.9 Å². The lowest BCUT2D eigenvalue weighted by atomic mass is 10.1. The van der Waals surface area contributed by atoms with E-state index in [0.717, 1.165) is 41.2 Å². The predicted octanol–water partition coefficient (Wildman–Crippen LogP) is 4.75. The minimum Gasteiger partial charge on any atom is -0.497 e. The Morgan fingerprint density at radius 2 is 1.66 bits per heavy atom. The fraction of sp³-hybridized carbons (Fsp3) is 0.281. The first-order valence-corrected chi connectivity index (χ1v) is 13.6. The van der Waals surface area contributed by atoms with E-state index >= 15 is 0 Å². The largest absolute Gasteiger partial charge is 0.497 e. The summed E-state index contributed by atoms with van der Waals surface area (Å²) in [5, 5.41) is 2.95. The van der Waals surface area contributed by atoms with Crippen LogP contribution >= 0.6 is 0 Å². The van der Waals surface area contributed by atoms with Gasteiger partial charge in [-0.1, -0.05) is 30.3 Å². The summed E-state index contributed by atoms with van der Waals surface area (Å²) in [6.07, 6.45) is 3.81. The molecule has 212 valence electrons. The van der Waals surface area contributed by atoms with E-state index in [9.17, 15) is 9.59 Å². The van der Waals surface area contributed by atoms with Gasteiger partial charge in [-0.25, -0.2) is 4.98 Å². The van der Waals surface area contributed by atoms with Gasteiger partial charge in [-0.05, 0) is 66.9 Å². The van der Waals surface area contributed by atoms with Gasteiger partial charge < -0.3 is 19.1 Å². The van der Waals surface area contributed by atoms with Gasteiger partial charge in [-0.15, -0.1) is 0 Å². The molecule has 0 radical (unpaired) electrons. The quantitative estimate of drug-likeness (QED) is 0.288. The van der Waals surface area contributed by atoms with Crippen molar-refractivity contribution in [2.75, 3.05) is 39.2 Å². The molecule has 1 aliphatic rings. The molecule has 1 saturated heterocycles. The smallest absolute Gasteiger partial charge is 0.246 e. The maximum Gasteiger partial charge on any atom is 0.246 e. The van der Waals surface area contributed by atoms with Crippen LogP contribution in [0.5, 0.6) is 11.5 Å². The maximum atomic E-state index is 13.4. The lowest BCUT2D eigenvalue weighted by Crippen LogP contribution is -2.43. The normalized spacial score (nSPS) is 14.4. The molecule has 0 aliphatic carbocycles. The highest BCUT2D eigenvalue weighted by atomic mass is 16.5. The van der Waals surface area contributed by atoms with Crippen LogP contribution in [0, 0.1) is 0 Å². The minimum atomic E-state index is -0.342. The molecule has 2 amide bonds. The third-order valence-corrected chi connectivity index (χ3v) is 7.03. The Balaban J connectivity index is 1.39. The molecule has 9 heteroatoms. The lowest BCUT2D eigenvalue weighted by molar-refractivity contribution is -0.135. The highest BCUT2D eigenvalue weighted by molar-refractivity contribution is 5.94. The number of hydrogen-bond acceptors (Lipinski definition) is 6. The van der Waals surface area contributed by atoms with Crippen LogP contribution in [-0.4, -0.2) is 66.3 Å². The topological polar surface area (TPSA) is 94.9 Å². The van der Waals surface area contributed by atoms with Gasteiger partial charge in [0.15, 0.2) is 0 Å². The summed E-state index contributed by atoms with van der Waals surface area (Å²) in [6.45, 7) is 0.924. The second kappa shape index (κ2) is 13.1. The highest BCUT2D eigenvalue weighted by Crippen LogP contribution is 2.27. The van der Waals surface area contributed by atoms with E-state index in [4.69, 9.17) is 19.2 Å². The number of rotatable bonds is 11. The molecule has 4 aromatic rings. The van der Waals surface area contributed by atoms with E-state index < -0.39 is 0 Å². The van der Waals surface area contributed by atoms with Gasteiger partial charge in [-0.2, -0.15) is 0 Å². The zero-order chi connectivity index (χ0) is 28.6. The summed E-state index contributed by atoms with van der Waals surface area (Å²) < 4.78 is 18.2. The molecule has 41 heavy (non-hydrogen) atoms. The highest BCUT2D eigenvalue weighted by Gasteiger charge is 2.25. The third-order valence-electron chi connectivity index (χ3n) is 7.03. The van der Waals surface area contributed by atoms with Crippen LogP contribution in [-0.2, 0) is 20.7 Å². The number of amides is 2. The van der Waals surface area contributed by atoms with Crippen LogP contribution in [0.1, 0.15) is 18.4 Å². The number of anilines is 1. The van der Waals surface area contributed by atoms with Crippen molar-refractivity contribution in [2.24, 2.45) is 0 Å². The van der Waals surface area contributed by atoms with Gasteiger partial charge in [0.1, 0.15) is 18.0 Å². The number of nitrogens with zero attached hydrogens (tertiary/aromatic N) is 3. The zero-order valence-electron chi connectivity index (χ0n) is 23.3. The van der Waals surface area contributed by atoms with Crippen LogP contribution in [0.3, 0.4) is 0 Å². The molecule has 1 aromatic heterocycles. The predicted molar refractivity (Wildman–Crippen MR) is 156 cm³/mol. The van der Waals surface area contributed by atoms with Crippen molar-refractivity contribution in [3.63, 3.8) is 0 Å². The molecule has 5 rings (SSSR count). The van der Waals surface area contributed by atoms with Crippen LogP contribution in [0.2, 0.25) is 0 Å². The molecule has 1 fully saturated rings. The molecule has 0 bridgehead atoms. The molecular weight excluding hydrogens is 520 g/mol. The summed E-state index contributed by atoms with van der Waals surface area (Å²) in [7, 11) is 3.23. The van der Waals surface area contributed by atoms with E-state index in [1.54, 1.807) is 19.1 Å². The molecule has 1 unspecified atom stereocenters. The van der Waals surface area contributed by atoms with Crippen molar-refractivity contribution in [3.8, 4) is 28.4 Å². The van der Waals surface area contributed by atoms with E-state index in [2.05, 4.69) is 5.32 Å². The van der Waals surface area contributed by atoms with Crippen molar-refractivity contribution in [2.45, 2.75) is 25.4 Å². The molecule has 0 saturated carbocycles. The number of imidazole rings is 1. The van der Waals surface area contributed by atoms with E-state index in [-0.39, 0.29) is 30.9 Å². The molecule has 3 aromatic carbocycles. The number of carbonyl (C=O) groups excluding carboxylic acids is 2. The van der Waals surface area contributed by atoms with Crippen LogP contribution < -0.4 is 14.8 Å². The summed E-state index contributed by atoms with van der Waals surface area (Å²) in [4.78, 5) is 33.1. The third kappa shape index (κ3) is 7.12. The molecular formula is C32H34N4O5. The van der Waals surface area contributed by atoms with E-state index in [0.29, 0.717) is 24.8 Å². The van der Waals surface area contributed by atoms with Gasteiger partial charge in [0.2, 0.25) is 17.8 Å². The first kappa shape index (κ1) is 27.9. The summed E-state index contributed by atoms with van der Waals surface area (Å²) in [6, 6.07) is 24.6. The first-order chi connectivity index (χ1) is 20.0. The molecule has 0 spiro atoms. The van der Waals surface area contributed by atoms with E-state index in [1.165, 1.54) is 0 Å². The van der Waals surface area contributed by atoms with Gasteiger partial charge in [0.25, 0.3) is 0 Å². The number of carbonyl (C=O) groups is 2. The van der Waals surface area contributed by atoms with Crippen molar-refractivity contribution >= 4 is 17.8 Å². The Kier molecular flexibility index (Phi) is 8.95. The monoisotopic (exact) mass is 554 g/mol. The SMILES string of the molecule is COc1ccc(-c2cn(-c3ccc(OC)cc3)c(NC(=O)CN(CC3CCCO3)C(=O)Cc3ccccc3)n2)cc1. The lowest BCUT2D eigenvalue weighted by Gasteiger charge is -2.25. The Hall–Kier alpha value is -4.63. The number of ether oxygens (including phenoxy) is 3. The van der Waals surface area contributed by atoms with Gasteiger partial charge >= 0.3 is 0 Å². The number of nitrogens with one attached hydrogen (secondary N) is 1. The summed E-state index contributed by atoms with van der Waals surface area (Å²) in [5.74, 6) is 1.34. The van der Waals surface area contributed by atoms with Crippen molar-refractivity contribution < 1.29 is 23.8 Å². The standard InChI is InChI=1S/C32H34N4O5/c1-39-26-14-10-24(11-15-26)29-21-36(25-12-16-27(40-2)17-13-25)32(33-29)34-30(37)22-35(20-28-9-6-18-41-28)31(38)19-23-7-4-3-5-8-23/h3-5,7-8,10-17,21,28H,6,9,18-20,22H2,1-2H3,(H,33,34,37).